The number of esters is 2. The second-order valence-electron chi connectivity index (χ2n) is 18.6. The van der Waals surface area contributed by atoms with Crippen LogP contribution in [-0.2, 0) is 32.7 Å². The van der Waals surface area contributed by atoms with Crippen LogP contribution in [0.15, 0.2) is 24.3 Å². The summed E-state index contributed by atoms with van der Waals surface area (Å²) in [5.41, 5.74) is 0. The second kappa shape index (κ2) is 50.3. The first-order chi connectivity index (χ1) is 31.7. The molecule has 1 unspecified atom stereocenters. The highest BCUT2D eigenvalue weighted by molar-refractivity contribution is 7.47. The van der Waals surface area contributed by atoms with Gasteiger partial charge in [0.2, 0.25) is 0 Å². The molecule has 0 amide bonds. The third kappa shape index (κ3) is 50.2. The number of carbonyl (C=O) groups is 2. The molecule has 0 radical (unpaired) electrons. The standard InChI is InChI=1S/C54H103O10P/c1-3-5-7-9-11-13-15-17-19-21-23-24-25-26-28-29-31-33-35-37-39-41-43-45-53(57)61-49-52(50-63-65(59,60)62-48-51(56)47-55)64-54(58)46-44-42-40-38-36-34-32-30-27-22-20-18-16-14-12-10-8-6-4-2/h18,20,37,39,51-52,55-56H,3-17,19,21-36,38,40-50H2,1-2H3,(H,59,60)/b20-18+,39-37+/t51-,52+/m0/s1. The highest BCUT2D eigenvalue weighted by atomic mass is 31.2. The number of aliphatic hydroxyl groups excluding tert-OH is 2. The molecule has 0 aromatic carbocycles. The molecular weight excluding hydrogens is 840 g/mol. The predicted molar refractivity (Wildman–Crippen MR) is 270 cm³/mol. The molecule has 0 aliphatic rings. The van der Waals surface area contributed by atoms with Gasteiger partial charge >= 0.3 is 19.8 Å². The van der Waals surface area contributed by atoms with Crippen LogP contribution in [0.25, 0.3) is 0 Å². The van der Waals surface area contributed by atoms with E-state index in [0.717, 1.165) is 32.1 Å². The van der Waals surface area contributed by atoms with Gasteiger partial charge < -0.3 is 24.6 Å². The first-order valence-electron chi connectivity index (χ1n) is 27.3. The molecule has 0 spiro atoms. The van der Waals surface area contributed by atoms with Crippen molar-refractivity contribution < 1.29 is 47.8 Å². The van der Waals surface area contributed by atoms with E-state index in [1.165, 1.54) is 199 Å². The zero-order chi connectivity index (χ0) is 47.6. The number of carbonyl (C=O) groups excluding carboxylic acids is 2. The van der Waals surface area contributed by atoms with E-state index < -0.39 is 51.8 Å². The van der Waals surface area contributed by atoms with Crippen molar-refractivity contribution in [3.63, 3.8) is 0 Å². The van der Waals surface area contributed by atoms with Crippen LogP contribution in [0.3, 0.4) is 0 Å². The number of phosphoric acid groups is 1. The molecule has 0 aliphatic carbocycles. The Bertz CT molecular complexity index is 1130. The largest absolute Gasteiger partial charge is 0.472 e. The number of aliphatic hydroxyl groups is 2. The molecule has 0 rings (SSSR count). The molecule has 0 aliphatic heterocycles. The molecule has 3 atom stereocenters. The fourth-order valence-electron chi connectivity index (χ4n) is 7.88. The quantitative estimate of drug-likeness (QED) is 0.0233. The molecular formula is C54H103O10P. The van der Waals surface area contributed by atoms with Crippen LogP contribution in [0.4, 0.5) is 0 Å². The van der Waals surface area contributed by atoms with Crippen molar-refractivity contribution in [2.75, 3.05) is 26.4 Å². The molecule has 0 saturated heterocycles. The second-order valence-corrected chi connectivity index (χ2v) is 20.1. The van der Waals surface area contributed by atoms with Crippen molar-refractivity contribution in [3.8, 4) is 0 Å². The Morgan fingerprint density at radius 2 is 0.769 bits per heavy atom. The summed E-state index contributed by atoms with van der Waals surface area (Å²) in [7, 11) is -4.63. The van der Waals surface area contributed by atoms with Crippen molar-refractivity contribution >= 4 is 19.8 Å². The van der Waals surface area contributed by atoms with Crippen molar-refractivity contribution in [3.05, 3.63) is 24.3 Å². The first kappa shape index (κ1) is 63.5. The van der Waals surface area contributed by atoms with E-state index in [0.29, 0.717) is 12.8 Å². The maximum Gasteiger partial charge on any atom is 0.472 e. The highest BCUT2D eigenvalue weighted by Gasteiger charge is 2.27. The zero-order valence-electron chi connectivity index (χ0n) is 42.2. The average molecular weight is 943 g/mol. The molecule has 3 N–H and O–H groups in total. The van der Waals surface area contributed by atoms with Crippen LogP contribution >= 0.6 is 7.82 Å². The minimum atomic E-state index is -4.63. The molecule has 11 heteroatoms. The van der Waals surface area contributed by atoms with Gasteiger partial charge in [0.05, 0.1) is 19.8 Å². The molecule has 0 aromatic rings. The van der Waals surface area contributed by atoms with Gasteiger partial charge in [-0.1, -0.05) is 224 Å². The van der Waals surface area contributed by atoms with Gasteiger partial charge in [-0.3, -0.25) is 18.6 Å². The third-order valence-corrected chi connectivity index (χ3v) is 13.0. The monoisotopic (exact) mass is 943 g/mol. The smallest absolute Gasteiger partial charge is 0.462 e. The Balaban J connectivity index is 4.14. The predicted octanol–water partition coefficient (Wildman–Crippen LogP) is 15.7. The molecule has 0 aromatic heterocycles. The highest BCUT2D eigenvalue weighted by Crippen LogP contribution is 2.43. The minimum Gasteiger partial charge on any atom is -0.462 e. The lowest BCUT2D eigenvalue weighted by molar-refractivity contribution is -0.161. The third-order valence-electron chi connectivity index (χ3n) is 12.1. The van der Waals surface area contributed by atoms with Crippen LogP contribution in [0.1, 0.15) is 271 Å². The molecule has 0 saturated carbocycles. The number of hydrogen-bond acceptors (Lipinski definition) is 9. The summed E-state index contributed by atoms with van der Waals surface area (Å²) in [5.74, 6) is -0.951. The van der Waals surface area contributed by atoms with Crippen LogP contribution < -0.4 is 0 Å². The molecule has 65 heavy (non-hydrogen) atoms. The topological polar surface area (TPSA) is 149 Å². The molecule has 384 valence electrons. The Morgan fingerprint density at radius 1 is 0.446 bits per heavy atom. The van der Waals surface area contributed by atoms with Gasteiger partial charge in [0.15, 0.2) is 6.10 Å². The normalized spacial score (nSPS) is 13.7. The van der Waals surface area contributed by atoms with Crippen molar-refractivity contribution in [1.82, 2.24) is 0 Å². The van der Waals surface area contributed by atoms with Crippen LogP contribution in [-0.4, -0.2) is 65.7 Å². The fraction of sp³-hybridized carbons (Fsp3) is 0.889. The van der Waals surface area contributed by atoms with Gasteiger partial charge in [-0.05, 0) is 57.8 Å². The molecule has 0 bridgehead atoms. The van der Waals surface area contributed by atoms with Crippen molar-refractivity contribution in [2.45, 2.75) is 283 Å². The average Bonchev–Trinajstić information content (AvgIpc) is 3.30. The Kier molecular flexibility index (Phi) is 49.1. The van der Waals surface area contributed by atoms with Crippen LogP contribution in [0.2, 0.25) is 0 Å². The summed E-state index contributed by atoms with van der Waals surface area (Å²) in [6.45, 7) is 2.40. The maximum atomic E-state index is 12.7. The Hall–Kier alpha value is -1.55. The van der Waals surface area contributed by atoms with Gasteiger partial charge in [-0.2, -0.15) is 0 Å². The lowest BCUT2D eigenvalue weighted by Crippen LogP contribution is -2.29. The summed E-state index contributed by atoms with van der Waals surface area (Å²) in [5, 5.41) is 18.4. The van der Waals surface area contributed by atoms with Gasteiger partial charge in [-0.25, -0.2) is 4.57 Å². The van der Waals surface area contributed by atoms with E-state index in [-0.39, 0.29) is 19.4 Å². The van der Waals surface area contributed by atoms with E-state index in [1.807, 2.05) is 0 Å². The van der Waals surface area contributed by atoms with E-state index in [1.54, 1.807) is 0 Å². The van der Waals surface area contributed by atoms with Gasteiger partial charge in [0, 0.05) is 12.8 Å². The van der Waals surface area contributed by atoms with Gasteiger partial charge in [0.1, 0.15) is 12.7 Å². The van der Waals surface area contributed by atoms with E-state index in [9.17, 15) is 24.2 Å². The zero-order valence-corrected chi connectivity index (χ0v) is 43.1. The summed E-state index contributed by atoms with van der Waals surface area (Å²) in [4.78, 5) is 35.2. The minimum absolute atomic E-state index is 0.179. The first-order valence-corrected chi connectivity index (χ1v) is 28.8. The van der Waals surface area contributed by atoms with E-state index in [2.05, 4.69) is 38.2 Å². The summed E-state index contributed by atoms with van der Waals surface area (Å²) < 4.78 is 32.9. The van der Waals surface area contributed by atoms with Gasteiger partial charge in [0.25, 0.3) is 0 Å². The number of hydrogen-bond donors (Lipinski definition) is 3. The lowest BCUT2D eigenvalue weighted by atomic mass is 10.0. The SMILES string of the molecule is CCCCCCCC/C=C/CCCCCCCCCCCC(=O)O[C@H](COC(=O)CCC/C=C/CCCCCCCCCCCCCCCCCCCC)COP(=O)(O)OC[C@@H](O)CO. The maximum absolute atomic E-state index is 12.7. The molecule has 0 fully saturated rings. The summed E-state index contributed by atoms with van der Waals surface area (Å²) >= 11 is 0. The van der Waals surface area contributed by atoms with Gasteiger partial charge in [-0.15, -0.1) is 0 Å². The Labute approximate surface area is 399 Å². The Morgan fingerprint density at radius 3 is 1.15 bits per heavy atom. The summed E-state index contributed by atoms with van der Waals surface area (Å²) in [6.07, 6.45) is 54.5. The summed E-state index contributed by atoms with van der Waals surface area (Å²) in [6, 6.07) is 0. The van der Waals surface area contributed by atoms with Crippen molar-refractivity contribution in [2.24, 2.45) is 0 Å². The van der Waals surface area contributed by atoms with E-state index >= 15 is 0 Å². The molecule has 10 nitrogen and oxygen atoms in total. The van der Waals surface area contributed by atoms with E-state index in [4.69, 9.17) is 23.6 Å². The number of unbranched alkanes of at least 4 members (excludes halogenated alkanes) is 34. The number of allylic oxidation sites excluding steroid dienone is 4. The lowest BCUT2D eigenvalue weighted by Gasteiger charge is -2.20. The van der Waals surface area contributed by atoms with Crippen LogP contribution in [0, 0.1) is 0 Å². The molecule has 0 heterocycles. The van der Waals surface area contributed by atoms with Crippen LogP contribution in [0.5, 0.6) is 0 Å². The fourth-order valence-corrected chi connectivity index (χ4v) is 8.67. The number of ether oxygens (including phenoxy) is 2. The van der Waals surface area contributed by atoms with Crippen molar-refractivity contribution in [1.29, 1.82) is 0 Å². The number of rotatable bonds is 52. The number of phosphoric ester groups is 1.